The van der Waals surface area contributed by atoms with Crippen LogP contribution in [-0.4, -0.2) is 15.8 Å². The quantitative estimate of drug-likeness (QED) is 0.920. The van der Waals surface area contributed by atoms with Crippen LogP contribution in [0.25, 0.3) is 11.4 Å². The van der Waals surface area contributed by atoms with Crippen molar-refractivity contribution < 1.29 is 4.79 Å². The molecule has 0 saturated carbocycles. The molecule has 0 aliphatic heterocycles. The second-order valence-corrected chi connectivity index (χ2v) is 5.76. The molecule has 1 aromatic heterocycles. The molecule has 1 aromatic carbocycles. The molecule has 0 fully saturated rings. The van der Waals surface area contributed by atoms with Crippen molar-refractivity contribution in [2.24, 2.45) is 5.92 Å². The summed E-state index contributed by atoms with van der Waals surface area (Å²) in [5.74, 6) is 0.730. The zero-order valence-corrected chi connectivity index (χ0v) is 12.3. The van der Waals surface area contributed by atoms with Crippen LogP contribution in [0.15, 0.2) is 29.1 Å². The van der Waals surface area contributed by atoms with E-state index in [2.05, 4.69) is 9.97 Å². The number of aromatic amines is 1. The summed E-state index contributed by atoms with van der Waals surface area (Å²) in [4.78, 5) is 31.2. The molecular weight excluding hydrogens is 264 g/mol. The molecule has 4 heteroatoms. The van der Waals surface area contributed by atoms with E-state index in [1.54, 1.807) is 6.92 Å². The number of hydrogen-bond donors (Lipinski definition) is 1. The Morgan fingerprint density at radius 2 is 2.00 bits per heavy atom. The summed E-state index contributed by atoms with van der Waals surface area (Å²) in [6.07, 6.45) is 2.00. The topological polar surface area (TPSA) is 62.8 Å². The van der Waals surface area contributed by atoms with Gasteiger partial charge >= 0.3 is 0 Å². The van der Waals surface area contributed by atoms with Gasteiger partial charge in [-0.25, -0.2) is 4.98 Å². The molecule has 2 aromatic rings. The van der Waals surface area contributed by atoms with Crippen LogP contribution >= 0.6 is 0 Å². The summed E-state index contributed by atoms with van der Waals surface area (Å²) in [6.45, 7) is 3.62. The van der Waals surface area contributed by atoms with Gasteiger partial charge in [0.05, 0.1) is 5.69 Å². The first-order valence-electron chi connectivity index (χ1n) is 7.24. The van der Waals surface area contributed by atoms with Gasteiger partial charge in [-0.1, -0.05) is 29.8 Å². The summed E-state index contributed by atoms with van der Waals surface area (Å²) in [5.41, 5.74) is 3.49. The van der Waals surface area contributed by atoms with E-state index in [-0.39, 0.29) is 17.3 Å². The van der Waals surface area contributed by atoms with Crippen LogP contribution < -0.4 is 5.56 Å². The van der Waals surface area contributed by atoms with E-state index in [1.807, 2.05) is 31.2 Å². The van der Waals surface area contributed by atoms with Gasteiger partial charge in [0.25, 0.3) is 5.56 Å². The van der Waals surface area contributed by atoms with Crippen molar-refractivity contribution in [3.63, 3.8) is 0 Å². The van der Waals surface area contributed by atoms with Crippen LogP contribution in [-0.2, 0) is 17.6 Å². The number of nitrogens with zero attached hydrogens (tertiary/aromatic N) is 1. The fourth-order valence-electron chi connectivity index (χ4n) is 2.82. The predicted molar refractivity (Wildman–Crippen MR) is 81.2 cm³/mol. The van der Waals surface area contributed by atoms with Crippen LogP contribution in [0.1, 0.15) is 30.2 Å². The zero-order valence-electron chi connectivity index (χ0n) is 12.3. The Morgan fingerprint density at radius 1 is 1.29 bits per heavy atom. The third kappa shape index (κ3) is 2.66. The van der Waals surface area contributed by atoms with Crippen molar-refractivity contribution in [1.29, 1.82) is 0 Å². The molecule has 21 heavy (non-hydrogen) atoms. The molecule has 1 unspecified atom stereocenters. The Hall–Kier alpha value is -2.23. The minimum absolute atomic E-state index is 0.0365. The van der Waals surface area contributed by atoms with Gasteiger partial charge in [-0.15, -0.1) is 0 Å². The normalized spacial score (nSPS) is 17.3. The highest BCUT2D eigenvalue weighted by Gasteiger charge is 2.25. The molecule has 0 saturated heterocycles. The third-order valence-corrected chi connectivity index (χ3v) is 4.18. The molecule has 1 atom stereocenters. The monoisotopic (exact) mass is 282 g/mol. The smallest absolute Gasteiger partial charge is 0.254 e. The molecule has 3 rings (SSSR count). The Morgan fingerprint density at radius 3 is 2.67 bits per heavy atom. The zero-order chi connectivity index (χ0) is 15.0. The molecule has 4 nitrogen and oxygen atoms in total. The number of aromatic nitrogens is 2. The van der Waals surface area contributed by atoms with E-state index >= 15 is 0 Å². The van der Waals surface area contributed by atoms with E-state index in [0.717, 1.165) is 17.7 Å². The van der Waals surface area contributed by atoms with Crippen molar-refractivity contribution >= 4 is 5.78 Å². The highest BCUT2D eigenvalue weighted by molar-refractivity contribution is 5.78. The summed E-state index contributed by atoms with van der Waals surface area (Å²) in [7, 11) is 0. The lowest BCUT2D eigenvalue weighted by Gasteiger charge is -2.21. The van der Waals surface area contributed by atoms with Gasteiger partial charge < -0.3 is 4.98 Å². The number of H-pyrrole nitrogens is 1. The second kappa shape index (κ2) is 5.28. The molecule has 1 heterocycles. The van der Waals surface area contributed by atoms with Crippen molar-refractivity contribution in [3.05, 3.63) is 51.4 Å². The van der Waals surface area contributed by atoms with E-state index in [4.69, 9.17) is 0 Å². The number of fused-ring (bicyclic) bond motifs is 1. The average molecular weight is 282 g/mol. The lowest BCUT2D eigenvalue weighted by molar-refractivity contribution is -0.121. The molecule has 1 aliphatic carbocycles. The maximum atomic E-state index is 12.3. The molecule has 108 valence electrons. The first kappa shape index (κ1) is 13.7. The lowest BCUT2D eigenvalue weighted by Crippen LogP contribution is -2.28. The molecular formula is C17H18N2O2. The van der Waals surface area contributed by atoms with E-state index in [1.165, 1.54) is 5.56 Å². The molecule has 0 bridgehead atoms. The van der Waals surface area contributed by atoms with Gasteiger partial charge in [-0.05, 0) is 33.1 Å². The van der Waals surface area contributed by atoms with Crippen LogP contribution in [0.5, 0.6) is 0 Å². The van der Waals surface area contributed by atoms with Crippen molar-refractivity contribution in [1.82, 2.24) is 9.97 Å². The standard InChI is InChI=1S/C17H18N2O2/c1-10-3-5-12(6-4-10)16-18-15-8-7-13(11(2)20)9-14(15)17(21)19-16/h3-6,13H,7-9H2,1-2H3,(H,18,19,21). The van der Waals surface area contributed by atoms with Crippen LogP contribution in [0, 0.1) is 12.8 Å². The SMILES string of the molecule is CC(=O)C1CCc2nc(-c3ccc(C)cc3)[nH]c(=O)c2C1. The van der Waals surface area contributed by atoms with E-state index < -0.39 is 0 Å². The Kier molecular flexibility index (Phi) is 3.45. The molecule has 1 N–H and O–H groups in total. The largest absolute Gasteiger partial charge is 0.306 e. The van der Waals surface area contributed by atoms with Gasteiger partial charge in [0.2, 0.25) is 0 Å². The van der Waals surface area contributed by atoms with Gasteiger partial charge in [-0.2, -0.15) is 0 Å². The van der Waals surface area contributed by atoms with Crippen LogP contribution in [0.3, 0.4) is 0 Å². The highest BCUT2D eigenvalue weighted by Crippen LogP contribution is 2.24. The summed E-state index contributed by atoms with van der Waals surface area (Å²) >= 11 is 0. The maximum absolute atomic E-state index is 12.3. The maximum Gasteiger partial charge on any atom is 0.254 e. The van der Waals surface area contributed by atoms with E-state index in [0.29, 0.717) is 24.2 Å². The number of carbonyl (C=O) groups is 1. The number of nitrogens with one attached hydrogen (secondary N) is 1. The average Bonchev–Trinajstić information content (AvgIpc) is 2.47. The number of rotatable bonds is 2. The fourth-order valence-corrected chi connectivity index (χ4v) is 2.82. The number of Topliss-reactive ketones (excluding diaryl/α,β-unsaturated/α-hetero) is 1. The molecule has 1 aliphatic rings. The van der Waals surface area contributed by atoms with Crippen LogP contribution in [0.4, 0.5) is 0 Å². The van der Waals surface area contributed by atoms with Gasteiger partial charge in [-0.3, -0.25) is 9.59 Å². The molecule has 0 radical (unpaired) electrons. The molecule has 0 spiro atoms. The molecule has 0 amide bonds. The summed E-state index contributed by atoms with van der Waals surface area (Å²) in [6, 6.07) is 7.92. The number of hydrogen-bond acceptors (Lipinski definition) is 3. The number of benzene rings is 1. The number of ketones is 1. The highest BCUT2D eigenvalue weighted by atomic mass is 16.1. The third-order valence-electron chi connectivity index (χ3n) is 4.18. The van der Waals surface area contributed by atoms with E-state index in [9.17, 15) is 9.59 Å². The lowest BCUT2D eigenvalue weighted by atomic mass is 9.85. The predicted octanol–water partition coefficient (Wildman–Crippen LogP) is 2.44. The minimum atomic E-state index is -0.110. The van der Waals surface area contributed by atoms with Crippen molar-refractivity contribution in [2.45, 2.75) is 33.1 Å². The fraction of sp³-hybridized carbons (Fsp3) is 0.353. The Bertz CT molecular complexity index is 744. The number of aryl methyl sites for hydroxylation is 2. The second-order valence-electron chi connectivity index (χ2n) is 5.76. The van der Waals surface area contributed by atoms with Gasteiger partial charge in [0, 0.05) is 17.0 Å². The summed E-state index contributed by atoms with van der Waals surface area (Å²) in [5, 5.41) is 0. The first-order valence-corrected chi connectivity index (χ1v) is 7.24. The number of carbonyl (C=O) groups excluding carboxylic acids is 1. The van der Waals surface area contributed by atoms with Crippen molar-refractivity contribution in [2.75, 3.05) is 0 Å². The minimum Gasteiger partial charge on any atom is -0.306 e. The first-order chi connectivity index (χ1) is 10.0. The Balaban J connectivity index is 2.01. The summed E-state index contributed by atoms with van der Waals surface area (Å²) < 4.78 is 0. The Labute approximate surface area is 123 Å². The van der Waals surface area contributed by atoms with Crippen LogP contribution in [0.2, 0.25) is 0 Å². The van der Waals surface area contributed by atoms with Gasteiger partial charge in [0.1, 0.15) is 11.6 Å². The van der Waals surface area contributed by atoms with Crippen molar-refractivity contribution in [3.8, 4) is 11.4 Å². The van der Waals surface area contributed by atoms with Gasteiger partial charge in [0.15, 0.2) is 0 Å².